The van der Waals surface area contributed by atoms with Crippen molar-refractivity contribution in [3.8, 4) is 0 Å². The van der Waals surface area contributed by atoms with Crippen molar-refractivity contribution in [1.82, 2.24) is 4.72 Å². The molecule has 1 aromatic carbocycles. The van der Waals surface area contributed by atoms with Crippen molar-refractivity contribution in [2.24, 2.45) is 5.92 Å². The zero-order chi connectivity index (χ0) is 15.2. The summed E-state index contributed by atoms with van der Waals surface area (Å²) in [5, 5.41) is 0. The third-order valence-electron chi connectivity index (χ3n) is 2.39. The Morgan fingerprint density at radius 1 is 1.30 bits per heavy atom. The third kappa shape index (κ3) is 5.52. The normalized spacial score (nSPS) is 12.1. The zero-order valence-electron chi connectivity index (χ0n) is 11.5. The lowest BCUT2D eigenvalue weighted by Crippen LogP contribution is -2.26. The maximum absolute atomic E-state index is 13.4. The second-order valence-electron chi connectivity index (χ2n) is 4.79. The van der Waals surface area contributed by atoms with Crippen LogP contribution in [-0.4, -0.2) is 28.2 Å². The molecule has 0 atom stereocenters. The van der Waals surface area contributed by atoms with Crippen LogP contribution in [0.2, 0.25) is 0 Å². The van der Waals surface area contributed by atoms with Gasteiger partial charge in [-0.3, -0.25) is 0 Å². The first-order valence-corrected chi connectivity index (χ1v) is 7.83. The predicted molar refractivity (Wildman–Crippen MR) is 71.8 cm³/mol. The summed E-state index contributed by atoms with van der Waals surface area (Å²) < 4.78 is 57.2. The lowest BCUT2D eigenvalue weighted by Gasteiger charge is -2.09. The van der Waals surface area contributed by atoms with Crippen LogP contribution in [-0.2, 0) is 14.8 Å². The number of nitrogens with one attached hydrogen (secondary N) is 1. The van der Waals surface area contributed by atoms with Gasteiger partial charge in [-0.15, -0.1) is 0 Å². The van der Waals surface area contributed by atoms with Gasteiger partial charge in [-0.25, -0.2) is 21.9 Å². The van der Waals surface area contributed by atoms with Gasteiger partial charge in [-0.05, 0) is 24.5 Å². The maximum Gasteiger partial charge on any atom is 0.243 e. The van der Waals surface area contributed by atoms with E-state index in [4.69, 9.17) is 4.74 Å². The van der Waals surface area contributed by atoms with Crippen LogP contribution in [0.25, 0.3) is 0 Å². The molecule has 4 nitrogen and oxygen atoms in total. The van der Waals surface area contributed by atoms with E-state index in [1.165, 1.54) is 0 Å². The SMILES string of the molecule is CC(C)COCCCNS(=O)(=O)c1ccc(F)cc1F. The van der Waals surface area contributed by atoms with Crippen molar-refractivity contribution in [2.45, 2.75) is 25.2 Å². The molecule has 1 aromatic rings. The van der Waals surface area contributed by atoms with Crippen LogP contribution in [0.15, 0.2) is 23.1 Å². The summed E-state index contributed by atoms with van der Waals surface area (Å²) in [6, 6.07) is 2.35. The summed E-state index contributed by atoms with van der Waals surface area (Å²) in [5.41, 5.74) is 0. The van der Waals surface area contributed by atoms with Crippen molar-refractivity contribution < 1.29 is 21.9 Å². The molecule has 0 aromatic heterocycles. The largest absolute Gasteiger partial charge is 0.381 e. The highest BCUT2D eigenvalue weighted by atomic mass is 32.2. The van der Waals surface area contributed by atoms with Crippen molar-refractivity contribution >= 4 is 10.0 Å². The minimum Gasteiger partial charge on any atom is -0.381 e. The summed E-state index contributed by atoms with van der Waals surface area (Å²) >= 11 is 0. The summed E-state index contributed by atoms with van der Waals surface area (Å²) in [4.78, 5) is -0.554. The Bertz CT molecular complexity index is 532. The second-order valence-corrected chi connectivity index (χ2v) is 6.53. The fourth-order valence-corrected chi connectivity index (χ4v) is 2.60. The van der Waals surface area contributed by atoms with Gasteiger partial charge in [0.1, 0.15) is 16.5 Å². The zero-order valence-corrected chi connectivity index (χ0v) is 12.3. The first kappa shape index (κ1) is 17.0. The molecule has 0 aliphatic rings. The number of ether oxygens (including phenoxy) is 1. The molecule has 0 unspecified atom stereocenters. The van der Waals surface area contributed by atoms with Gasteiger partial charge < -0.3 is 4.74 Å². The van der Waals surface area contributed by atoms with Crippen LogP contribution in [0.1, 0.15) is 20.3 Å². The Morgan fingerprint density at radius 3 is 2.60 bits per heavy atom. The molecule has 0 heterocycles. The van der Waals surface area contributed by atoms with E-state index in [2.05, 4.69) is 4.72 Å². The lowest BCUT2D eigenvalue weighted by molar-refractivity contribution is 0.108. The highest BCUT2D eigenvalue weighted by Gasteiger charge is 2.18. The smallest absolute Gasteiger partial charge is 0.243 e. The molecule has 0 aliphatic heterocycles. The number of hydrogen-bond acceptors (Lipinski definition) is 3. The highest BCUT2D eigenvalue weighted by molar-refractivity contribution is 7.89. The molecule has 0 fully saturated rings. The van der Waals surface area contributed by atoms with Crippen molar-refractivity contribution in [1.29, 1.82) is 0 Å². The molecule has 114 valence electrons. The third-order valence-corrected chi connectivity index (χ3v) is 3.89. The summed E-state index contributed by atoms with van der Waals surface area (Å²) in [6.07, 6.45) is 0.481. The van der Waals surface area contributed by atoms with Gasteiger partial charge >= 0.3 is 0 Å². The summed E-state index contributed by atoms with van der Waals surface area (Å²) in [6.45, 7) is 5.20. The molecule has 0 radical (unpaired) electrons. The maximum atomic E-state index is 13.4. The Kier molecular flexibility index (Phi) is 6.51. The molecule has 0 bridgehead atoms. The molecular weight excluding hydrogens is 288 g/mol. The molecule has 1 N–H and O–H groups in total. The van der Waals surface area contributed by atoms with Gasteiger partial charge in [0.25, 0.3) is 0 Å². The van der Waals surface area contributed by atoms with E-state index in [0.29, 0.717) is 31.6 Å². The van der Waals surface area contributed by atoms with Crippen LogP contribution >= 0.6 is 0 Å². The quantitative estimate of drug-likeness (QED) is 0.750. The van der Waals surface area contributed by atoms with Gasteiger partial charge in [0.05, 0.1) is 0 Å². The molecule has 0 saturated heterocycles. The number of hydrogen-bond donors (Lipinski definition) is 1. The lowest BCUT2D eigenvalue weighted by atomic mass is 10.2. The summed E-state index contributed by atoms with van der Waals surface area (Å²) in [7, 11) is -3.96. The van der Waals surface area contributed by atoms with Crippen LogP contribution in [0.4, 0.5) is 8.78 Å². The van der Waals surface area contributed by atoms with E-state index in [0.717, 1.165) is 12.1 Å². The topological polar surface area (TPSA) is 55.4 Å². The van der Waals surface area contributed by atoms with Crippen molar-refractivity contribution in [2.75, 3.05) is 19.8 Å². The van der Waals surface area contributed by atoms with Crippen molar-refractivity contribution in [3.63, 3.8) is 0 Å². The number of benzene rings is 1. The Balaban J connectivity index is 2.46. The van der Waals surface area contributed by atoms with E-state index < -0.39 is 26.6 Å². The van der Waals surface area contributed by atoms with Gasteiger partial charge in [0.15, 0.2) is 0 Å². The van der Waals surface area contributed by atoms with Crippen LogP contribution < -0.4 is 4.72 Å². The standard InChI is InChI=1S/C13H19F2NO3S/c1-10(2)9-19-7-3-6-16-20(17,18)13-5-4-11(14)8-12(13)15/h4-5,8,10,16H,3,6-7,9H2,1-2H3. The van der Waals surface area contributed by atoms with Crippen LogP contribution in [0.3, 0.4) is 0 Å². The Labute approximate surface area is 118 Å². The van der Waals surface area contributed by atoms with Crippen LogP contribution in [0.5, 0.6) is 0 Å². The van der Waals surface area contributed by atoms with Gasteiger partial charge in [-0.2, -0.15) is 0 Å². The van der Waals surface area contributed by atoms with Gasteiger partial charge in [-0.1, -0.05) is 13.8 Å². The molecule has 20 heavy (non-hydrogen) atoms. The van der Waals surface area contributed by atoms with Gasteiger partial charge in [0, 0.05) is 25.8 Å². The highest BCUT2D eigenvalue weighted by Crippen LogP contribution is 2.15. The first-order valence-electron chi connectivity index (χ1n) is 6.35. The molecular formula is C13H19F2NO3S. The van der Waals surface area contributed by atoms with E-state index in [1.807, 2.05) is 13.8 Å². The molecule has 0 spiro atoms. The number of sulfonamides is 1. The van der Waals surface area contributed by atoms with E-state index in [9.17, 15) is 17.2 Å². The first-order chi connectivity index (χ1) is 9.33. The minimum absolute atomic E-state index is 0.136. The second kappa shape index (κ2) is 7.66. The number of rotatable bonds is 8. The Morgan fingerprint density at radius 2 is 2.00 bits per heavy atom. The predicted octanol–water partition coefficient (Wildman–Crippen LogP) is 2.31. The average molecular weight is 307 g/mol. The summed E-state index contributed by atoms with van der Waals surface area (Å²) in [5.74, 6) is -1.50. The molecule has 0 aliphatic carbocycles. The fourth-order valence-electron chi connectivity index (χ4n) is 1.47. The average Bonchev–Trinajstić information content (AvgIpc) is 2.32. The Hall–Kier alpha value is -1.05. The van der Waals surface area contributed by atoms with E-state index >= 15 is 0 Å². The van der Waals surface area contributed by atoms with Crippen molar-refractivity contribution in [3.05, 3.63) is 29.8 Å². The van der Waals surface area contributed by atoms with Crippen LogP contribution in [0, 0.1) is 17.6 Å². The fraction of sp³-hybridized carbons (Fsp3) is 0.538. The van der Waals surface area contributed by atoms with E-state index in [1.54, 1.807) is 0 Å². The van der Waals surface area contributed by atoms with E-state index in [-0.39, 0.29) is 6.54 Å². The molecule has 0 amide bonds. The van der Waals surface area contributed by atoms with Gasteiger partial charge in [0.2, 0.25) is 10.0 Å². The number of halogens is 2. The minimum atomic E-state index is -3.96. The molecule has 1 rings (SSSR count). The molecule has 7 heteroatoms. The monoisotopic (exact) mass is 307 g/mol. The molecule has 0 saturated carbocycles.